The Labute approximate surface area is 244 Å². The average molecular weight is 591 g/mol. The van der Waals surface area contributed by atoms with Gasteiger partial charge in [0.05, 0.1) is 34.0 Å². The van der Waals surface area contributed by atoms with E-state index in [2.05, 4.69) is 15.6 Å². The molecule has 1 aliphatic heterocycles. The smallest absolute Gasteiger partial charge is 0.338 e. The second kappa shape index (κ2) is 10.7. The third kappa shape index (κ3) is 4.56. The van der Waals surface area contributed by atoms with E-state index in [-0.39, 0.29) is 12.2 Å². The number of ether oxygens (including phenoxy) is 1. The summed E-state index contributed by atoms with van der Waals surface area (Å²) in [6.07, 6.45) is 1.87. The van der Waals surface area contributed by atoms with Gasteiger partial charge >= 0.3 is 5.97 Å². The molecule has 0 spiro atoms. The number of carbonyl (C=O) groups is 1. The van der Waals surface area contributed by atoms with Gasteiger partial charge in [-0.25, -0.2) is 9.79 Å². The lowest BCUT2D eigenvalue weighted by atomic mass is 9.96. The van der Waals surface area contributed by atoms with Gasteiger partial charge in [-0.05, 0) is 82.5 Å². The van der Waals surface area contributed by atoms with Crippen molar-refractivity contribution < 1.29 is 9.53 Å². The van der Waals surface area contributed by atoms with Crippen LogP contribution in [-0.2, 0) is 9.53 Å². The van der Waals surface area contributed by atoms with Gasteiger partial charge in [0.15, 0.2) is 4.80 Å². The number of halogens is 1. The summed E-state index contributed by atoms with van der Waals surface area (Å²) in [6, 6.07) is 10.8. The molecule has 10 heteroatoms. The summed E-state index contributed by atoms with van der Waals surface area (Å²) in [7, 11) is 0. The van der Waals surface area contributed by atoms with Crippen molar-refractivity contribution in [3.05, 3.63) is 105 Å². The van der Waals surface area contributed by atoms with Crippen LogP contribution < -0.4 is 14.9 Å². The maximum Gasteiger partial charge on any atom is 0.338 e. The minimum Gasteiger partial charge on any atom is -0.463 e. The number of fused-ring (bicyclic) bond motifs is 1. The predicted molar refractivity (Wildman–Crippen MR) is 159 cm³/mol. The zero-order chi connectivity index (χ0) is 28.9. The van der Waals surface area contributed by atoms with E-state index in [1.165, 1.54) is 11.3 Å². The molecule has 1 aromatic carbocycles. The molecule has 0 radical (unpaired) electrons. The molecule has 5 rings (SSSR count). The Morgan fingerprint density at radius 3 is 2.52 bits per heavy atom. The maximum absolute atomic E-state index is 14.0. The number of carbonyl (C=O) groups excluding carboxylic acids is 1. The van der Waals surface area contributed by atoms with Crippen molar-refractivity contribution in [2.24, 2.45) is 4.99 Å². The van der Waals surface area contributed by atoms with Crippen LogP contribution >= 0.6 is 34.3 Å². The van der Waals surface area contributed by atoms with Crippen LogP contribution in [0.5, 0.6) is 0 Å². The molecule has 0 unspecified atom stereocenters. The summed E-state index contributed by atoms with van der Waals surface area (Å²) >= 11 is 9.01. The lowest BCUT2D eigenvalue weighted by Crippen LogP contribution is -2.39. The van der Waals surface area contributed by atoms with E-state index in [1.54, 1.807) is 41.9 Å². The summed E-state index contributed by atoms with van der Waals surface area (Å²) in [5, 5.41) is 11.3. The molecule has 204 valence electrons. The molecular weight excluding hydrogens is 564 g/mol. The molecule has 7 nitrogen and oxygen atoms in total. The first-order valence-corrected chi connectivity index (χ1v) is 14.7. The number of hydrogen-bond donors (Lipinski definition) is 0. The standard InChI is InChI=1S/C30H27ClN4O3S2/c1-7-38-29(37)25-17(4)33-30-35(26(25)20-8-10-22(31)11-9-20)27(36)24(40-30)13-21-12-15(2)34(18(21)5)28-23(14-32)16(3)19(6)39-28/h8-13,26H,7H2,1-6H3/b24-13+/t26-/m1/s1. The second-order valence-electron chi connectivity index (χ2n) is 9.59. The van der Waals surface area contributed by atoms with Crippen molar-refractivity contribution in [2.75, 3.05) is 6.61 Å². The quantitative estimate of drug-likeness (QED) is 0.291. The van der Waals surface area contributed by atoms with Gasteiger partial charge in [0.25, 0.3) is 5.56 Å². The van der Waals surface area contributed by atoms with E-state index < -0.39 is 12.0 Å². The van der Waals surface area contributed by atoms with Gasteiger partial charge in [-0.1, -0.05) is 35.1 Å². The van der Waals surface area contributed by atoms with Gasteiger partial charge in [0.1, 0.15) is 11.1 Å². The van der Waals surface area contributed by atoms with E-state index in [9.17, 15) is 14.9 Å². The van der Waals surface area contributed by atoms with E-state index in [0.717, 1.165) is 38.0 Å². The number of thiophene rings is 1. The fourth-order valence-electron chi connectivity index (χ4n) is 5.04. The van der Waals surface area contributed by atoms with Gasteiger partial charge in [0.2, 0.25) is 0 Å². The number of benzene rings is 1. The maximum atomic E-state index is 14.0. The average Bonchev–Trinajstić information content (AvgIpc) is 3.48. The number of aryl methyl sites for hydroxylation is 2. The molecular formula is C30H27ClN4O3S2. The number of allylic oxidation sites excluding steroid dienone is 1. The van der Waals surface area contributed by atoms with E-state index in [1.807, 2.05) is 52.0 Å². The molecule has 0 aliphatic carbocycles. The number of aromatic nitrogens is 2. The van der Waals surface area contributed by atoms with Crippen LogP contribution in [0.3, 0.4) is 0 Å². The van der Waals surface area contributed by atoms with Crippen LogP contribution in [0, 0.1) is 39.0 Å². The minimum absolute atomic E-state index is 0.208. The first-order valence-electron chi connectivity index (χ1n) is 12.7. The lowest BCUT2D eigenvalue weighted by molar-refractivity contribution is -0.139. The Kier molecular flexibility index (Phi) is 7.44. The van der Waals surface area contributed by atoms with Crippen molar-refractivity contribution in [2.45, 2.75) is 47.6 Å². The zero-order valence-electron chi connectivity index (χ0n) is 23.0. The molecule has 1 atom stereocenters. The first-order chi connectivity index (χ1) is 19.1. The topological polar surface area (TPSA) is 89.4 Å². The molecule has 3 aromatic heterocycles. The van der Waals surface area contributed by atoms with Gasteiger partial charge in [-0.2, -0.15) is 5.26 Å². The molecule has 0 amide bonds. The number of nitrogens with zero attached hydrogens (tertiary/aromatic N) is 4. The Bertz CT molecular complexity index is 1930. The first kappa shape index (κ1) is 27.8. The number of thiazole rings is 1. The Hall–Kier alpha value is -3.71. The minimum atomic E-state index is -0.697. The number of rotatable bonds is 5. The number of esters is 1. The third-order valence-electron chi connectivity index (χ3n) is 7.14. The zero-order valence-corrected chi connectivity index (χ0v) is 25.3. The van der Waals surface area contributed by atoms with Crippen LogP contribution in [0.25, 0.3) is 11.1 Å². The van der Waals surface area contributed by atoms with Crippen molar-refractivity contribution >= 4 is 46.3 Å². The molecule has 0 saturated heterocycles. The van der Waals surface area contributed by atoms with E-state index >= 15 is 0 Å². The summed E-state index contributed by atoms with van der Waals surface area (Å²) < 4.78 is 9.50. The summed E-state index contributed by atoms with van der Waals surface area (Å²) in [5.74, 6) is -0.503. The molecule has 40 heavy (non-hydrogen) atoms. The van der Waals surface area contributed by atoms with Crippen LogP contribution in [0.1, 0.15) is 58.4 Å². The third-order valence-corrected chi connectivity index (χ3v) is 9.57. The number of nitriles is 1. The Balaban J connectivity index is 1.70. The number of hydrogen-bond acceptors (Lipinski definition) is 7. The molecule has 0 N–H and O–H groups in total. The molecule has 1 aliphatic rings. The molecule has 4 aromatic rings. The Morgan fingerprint density at radius 1 is 1.18 bits per heavy atom. The van der Waals surface area contributed by atoms with E-state index in [4.69, 9.17) is 16.3 Å². The van der Waals surface area contributed by atoms with Gasteiger partial charge in [-0.3, -0.25) is 9.36 Å². The van der Waals surface area contributed by atoms with Crippen molar-refractivity contribution in [1.29, 1.82) is 5.26 Å². The van der Waals surface area contributed by atoms with Crippen LogP contribution in [0.2, 0.25) is 5.02 Å². The lowest BCUT2D eigenvalue weighted by Gasteiger charge is -2.24. The molecule has 4 heterocycles. The normalized spacial score (nSPS) is 15.2. The monoisotopic (exact) mass is 590 g/mol. The van der Waals surface area contributed by atoms with Crippen LogP contribution in [-0.4, -0.2) is 21.7 Å². The van der Waals surface area contributed by atoms with Crippen molar-refractivity contribution in [3.8, 4) is 11.1 Å². The van der Waals surface area contributed by atoms with E-state index in [0.29, 0.717) is 31.2 Å². The highest BCUT2D eigenvalue weighted by Crippen LogP contribution is 2.34. The van der Waals surface area contributed by atoms with Crippen molar-refractivity contribution in [3.63, 3.8) is 0 Å². The summed E-state index contributed by atoms with van der Waals surface area (Å²) in [6.45, 7) is 11.7. The SMILES string of the molecule is CCOC(=O)C1=C(C)N=c2s/c(=C/c3cc(C)n(-c4sc(C)c(C)c4C#N)c3C)c(=O)n2[C@@H]1c1ccc(Cl)cc1. The van der Waals surface area contributed by atoms with Crippen LogP contribution in [0.15, 0.2) is 51.4 Å². The molecule has 0 saturated carbocycles. The van der Waals surface area contributed by atoms with Gasteiger partial charge in [-0.15, -0.1) is 11.3 Å². The van der Waals surface area contributed by atoms with Crippen molar-refractivity contribution in [1.82, 2.24) is 9.13 Å². The summed E-state index contributed by atoms with van der Waals surface area (Å²) in [5.41, 5.74) is 5.75. The predicted octanol–water partition coefficient (Wildman–Crippen LogP) is 5.41. The molecule has 0 fully saturated rings. The fourth-order valence-corrected chi connectivity index (χ4v) is 7.42. The highest BCUT2D eigenvalue weighted by molar-refractivity contribution is 7.15. The highest BCUT2D eigenvalue weighted by Gasteiger charge is 2.33. The molecule has 0 bridgehead atoms. The largest absolute Gasteiger partial charge is 0.463 e. The van der Waals surface area contributed by atoms with Gasteiger partial charge in [0, 0.05) is 21.3 Å². The second-order valence-corrected chi connectivity index (χ2v) is 12.2. The summed E-state index contributed by atoms with van der Waals surface area (Å²) in [4.78, 5) is 33.3. The van der Waals surface area contributed by atoms with Crippen LogP contribution in [0.4, 0.5) is 0 Å². The Morgan fingerprint density at radius 2 is 1.88 bits per heavy atom. The fraction of sp³-hybridized carbons (Fsp3) is 0.267. The van der Waals surface area contributed by atoms with Gasteiger partial charge < -0.3 is 9.30 Å². The highest BCUT2D eigenvalue weighted by atomic mass is 35.5.